The number of rotatable bonds is 51. The normalized spacial score (nSPS) is 12.8. The summed E-state index contributed by atoms with van der Waals surface area (Å²) < 4.78 is 0. The zero-order chi connectivity index (χ0) is 42.8. The molecule has 0 aromatic carbocycles. The summed E-state index contributed by atoms with van der Waals surface area (Å²) in [6.45, 7) is 4.40. The predicted molar refractivity (Wildman–Crippen MR) is 263 cm³/mol. The van der Waals surface area contributed by atoms with Crippen LogP contribution in [0.2, 0.25) is 0 Å². The number of carbonyl (C=O) groups excluding carboxylic acids is 1. The van der Waals surface area contributed by atoms with Crippen molar-refractivity contribution in [3.63, 3.8) is 0 Å². The SMILES string of the molecule is CCCCCCCCCC/C=C\CCCCCCCCCCCCCCCC(=O)NC(CO)C(O)CCCCCCCCCCCCCCCCCCCCCCCC. The molecule has 2 unspecified atom stereocenters. The molecule has 0 heterocycles. The minimum atomic E-state index is -0.657. The second kappa shape index (κ2) is 51.5. The summed E-state index contributed by atoms with van der Waals surface area (Å²) in [6, 6.07) is -0.534. The number of allylic oxidation sites excluding steroid dienone is 2. The van der Waals surface area contributed by atoms with Crippen LogP contribution in [0.1, 0.15) is 316 Å². The van der Waals surface area contributed by atoms with Crippen molar-refractivity contribution in [2.45, 2.75) is 328 Å². The maximum absolute atomic E-state index is 12.5. The monoisotopic (exact) mass is 832 g/mol. The molecule has 0 aliphatic rings. The predicted octanol–water partition coefficient (Wildman–Crippen LogP) is 17.8. The molecule has 0 spiro atoms. The molecule has 59 heavy (non-hydrogen) atoms. The van der Waals surface area contributed by atoms with Gasteiger partial charge < -0.3 is 15.5 Å². The van der Waals surface area contributed by atoms with Gasteiger partial charge >= 0.3 is 0 Å². The lowest BCUT2D eigenvalue weighted by atomic mass is 10.0. The fourth-order valence-electron chi connectivity index (χ4n) is 8.83. The van der Waals surface area contributed by atoms with Gasteiger partial charge in [-0.2, -0.15) is 0 Å². The van der Waals surface area contributed by atoms with Gasteiger partial charge in [0.1, 0.15) is 0 Å². The van der Waals surface area contributed by atoms with Crippen LogP contribution in [0.15, 0.2) is 12.2 Å². The van der Waals surface area contributed by atoms with E-state index >= 15 is 0 Å². The molecule has 3 N–H and O–H groups in total. The summed E-state index contributed by atoms with van der Waals surface area (Å²) in [4.78, 5) is 12.5. The number of hydrogen-bond donors (Lipinski definition) is 3. The van der Waals surface area contributed by atoms with Gasteiger partial charge in [-0.3, -0.25) is 4.79 Å². The van der Waals surface area contributed by atoms with E-state index in [9.17, 15) is 15.0 Å². The first-order chi connectivity index (χ1) is 29.2. The third kappa shape index (κ3) is 48.0. The lowest BCUT2D eigenvalue weighted by molar-refractivity contribution is -0.123. The van der Waals surface area contributed by atoms with E-state index in [-0.39, 0.29) is 12.5 Å². The molecule has 0 saturated carbocycles. The molecule has 0 bridgehead atoms. The maximum Gasteiger partial charge on any atom is 0.220 e. The Balaban J connectivity index is 3.43. The van der Waals surface area contributed by atoms with E-state index in [1.165, 1.54) is 263 Å². The van der Waals surface area contributed by atoms with Gasteiger partial charge in [0.2, 0.25) is 5.91 Å². The van der Waals surface area contributed by atoms with Crippen molar-refractivity contribution in [2.75, 3.05) is 6.61 Å². The molecule has 2 atom stereocenters. The Morgan fingerprint density at radius 3 is 0.932 bits per heavy atom. The van der Waals surface area contributed by atoms with Crippen molar-refractivity contribution in [1.82, 2.24) is 5.32 Å². The molecule has 0 aliphatic heterocycles. The first kappa shape index (κ1) is 58.1. The lowest BCUT2D eigenvalue weighted by Crippen LogP contribution is -2.45. The van der Waals surface area contributed by atoms with Crippen LogP contribution in [0.3, 0.4) is 0 Å². The first-order valence-electron chi connectivity index (χ1n) is 27.4. The molecule has 0 radical (unpaired) electrons. The quantitative estimate of drug-likeness (QED) is 0.0422. The topological polar surface area (TPSA) is 69.6 Å². The molecular formula is C55H109NO3. The fourth-order valence-corrected chi connectivity index (χ4v) is 8.83. The number of carbonyl (C=O) groups is 1. The van der Waals surface area contributed by atoms with Crippen molar-refractivity contribution < 1.29 is 15.0 Å². The zero-order valence-corrected chi connectivity index (χ0v) is 40.6. The standard InChI is InChI=1S/C55H109NO3/c1-3-5-7-9-11-13-15-17-19-21-23-25-27-28-29-31-33-35-37-39-41-43-45-47-49-51-55(59)56-53(52-57)54(58)50-48-46-44-42-40-38-36-34-32-30-26-24-22-20-18-16-14-12-10-8-6-4-2/h21,23,53-54,57-58H,3-20,22,24-52H2,1-2H3,(H,56,59)/b23-21-. The minimum absolute atomic E-state index is 0.0252. The average molecular weight is 832 g/mol. The van der Waals surface area contributed by atoms with Crippen LogP contribution < -0.4 is 5.32 Å². The van der Waals surface area contributed by atoms with Gasteiger partial charge in [-0.05, 0) is 38.5 Å². The number of unbranched alkanes of at least 4 members (excludes halogenated alkanes) is 42. The van der Waals surface area contributed by atoms with E-state index < -0.39 is 12.1 Å². The number of aliphatic hydroxyl groups excluding tert-OH is 2. The summed E-state index contributed by atoms with van der Waals surface area (Å²) >= 11 is 0. The van der Waals surface area contributed by atoms with E-state index in [0.29, 0.717) is 12.8 Å². The number of aliphatic hydroxyl groups is 2. The van der Waals surface area contributed by atoms with Gasteiger partial charge in [-0.25, -0.2) is 0 Å². The summed E-state index contributed by atoms with van der Waals surface area (Å²) in [6.07, 6.45) is 66.2. The molecular weight excluding hydrogens is 723 g/mol. The number of amides is 1. The highest BCUT2D eigenvalue weighted by molar-refractivity contribution is 5.76. The van der Waals surface area contributed by atoms with Gasteiger partial charge in [0, 0.05) is 6.42 Å². The fraction of sp³-hybridized carbons (Fsp3) is 0.945. The van der Waals surface area contributed by atoms with E-state index in [4.69, 9.17) is 0 Å². The van der Waals surface area contributed by atoms with Crippen LogP contribution in [0.5, 0.6) is 0 Å². The van der Waals surface area contributed by atoms with E-state index in [1.54, 1.807) is 0 Å². The smallest absolute Gasteiger partial charge is 0.220 e. The summed E-state index contributed by atoms with van der Waals surface area (Å²) in [7, 11) is 0. The van der Waals surface area contributed by atoms with E-state index in [2.05, 4.69) is 31.3 Å². The number of hydrogen-bond acceptors (Lipinski definition) is 3. The van der Waals surface area contributed by atoms with Crippen LogP contribution in [0.25, 0.3) is 0 Å². The zero-order valence-electron chi connectivity index (χ0n) is 40.6. The highest BCUT2D eigenvalue weighted by Crippen LogP contribution is 2.18. The van der Waals surface area contributed by atoms with Crippen LogP contribution in [0.4, 0.5) is 0 Å². The highest BCUT2D eigenvalue weighted by atomic mass is 16.3. The van der Waals surface area contributed by atoms with Crippen molar-refractivity contribution in [3.8, 4) is 0 Å². The average Bonchev–Trinajstić information content (AvgIpc) is 3.24. The number of nitrogens with one attached hydrogen (secondary N) is 1. The van der Waals surface area contributed by atoms with Gasteiger partial charge in [0.15, 0.2) is 0 Å². The van der Waals surface area contributed by atoms with E-state index in [0.717, 1.165) is 25.7 Å². The molecule has 0 saturated heterocycles. The molecule has 0 fully saturated rings. The van der Waals surface area contributed by atoms with Crippen LogP contribution in [-0.4, -0.2) is 34.9 Å². The Bertz CT molecular complexity index is 814. The highest BCUT2D eigenvalue weighted by Gasteiger charge is 2.20. The molecule has 1 amide bonds. The Labute approximate surface area is 371 Å². The summed E-state index contributed by atoms with van der Waals surface area (Å²) in [5.41, 5.74) is 0. The van der Waals surface area contributed by atoms with Crippen molar-refractivity contribution >= 4 is 5.91 Å². The molecule has 352 valence electrons. The maximum atomic E-state index is 12.5. The minimum Gasteiger partial charge on any atom is -0.394 e. The summed E-state index contributed by atoms with van der Waals surface area (Å²) in [5, 5.41) is 23.3. The van der Waals surface area contributed by atoms with Gasteiger partial charge in [0.05, 0.1) is 18.8 Å². The third-order valence-corrected chi connectivity index (χ3v) is 13.0. The molecule has 0 rings (SSSR count). The third-order valence-electron chi connectivity index (χ3n) is 13.0. The molecule has 0 aromatic heterocycles. The second-order valence-corrected chi connectivity index (χ2v) is 19.0. The first-order valence-corrected chi connectivity index (χ1v) is 27.4. The van der Waals surface area contributed by atoms with Crippen molar-refractivity contribution in [1.29, 1.82) is 0 Å². The van der Waals surface area contributed by atoms with Crippen LogP contribution in [0, 0.1) is 0 Å². The second-order valence-electron chi connectivity index (χ2n) is 19.0. The summed E-state index contributed by atoms with van der Waals surface area (Å²) in [5.74, 6) is -0.0252. The van der Waals surface area contributed by atoms with E-state index in [1.807, 2.05) is 0 Å². The molecule has 4 heteroatoms. The van der Waals surface area contributed by atoms with Crippen molar-refractivity contribution in [3.05, 3.63) is 12.2 Å². The Morgan fingerprint density at radius 2 is 0.644 bits per heavy atom. The largest absolute Gasteiger partial charge is 0.394 e. The lowest BCUT2D eigenvalue weighted by Gasteiger charge is -2.22. The van der Waals surface area contributed by atoms with Crippen LogP contribution in [-0.2, 0) is 4.79 Å². The molecule has 0 aliphatic carbocycles. The Morgan fingerprint density at radius 1 is 0.390 bits per heavy atom. The Hall–Kier alpha value is -0.870. The van der Waals surface area contributed by atoms with Gasteiger partial charge in [-0.15, -0.1) is 0 Å². The van der Waals surface area contributed by atoms with Crippen molar-refractivity contribution in [2.24, 2.45) is 0 Å². The van der Waals surface area contributed by atoms with Crippen LogP contribution >= 0.6 is 0 Å². The van der Waals surface area contributed by atoms with Gasteiger partial charge in [0.25, 0.3) is 0 Å². The Kier molecular flexibility index (Phi) is 50.7. The molecule has 0 aromatic rings. The van der Waals surface area contributed by atoms with Gasteiger partial charge in [-0.1, -0.05) is 283 Å². The molecule has 4 nitrogen and oxygen atoms in total.